The third kappa shape index (κ3) is 4.33. The lowest BCUT2D eigenvalue weighted by molar-refractivity contribution is 0.0951. The molecule has 0 aliphatic carbocycles. The Kier molecular flexibility index (Phi) is 5.12. The number of hydrogen-bond acceptors (Lipinski definition) is 4. The molecule has 134 valence electrons. The van der Waals surface area contributed by atoms with Gasteiger partial charge in [-0.3, -0.25) is 9.78 Å². The van der Waals surface area contributed by atoms with Crippen LogP contribution >= 0.6 is 11.3 Å². The number of rotatable bonds is 6. The quantitative estimate of drug-likeness (QED) is 0.527. The fraction of sp³-hybridized carbons (Fsp3) is 0.0909. The summed E-state index contributed by atoms with van der Waals surface area (Å²) in [5.74, 6) is -0.0964. The van der Waals surface area contributed by atoms with Crippen molar-refractivity contribution in [2.24, 2.45) is 0 Å². The van der Waals surface area contributed by atoms with Crippen molar-refractivity contribution in [3.8, 4) is 5.06 Å². The third-order valence-electron chi connectivity index (χ3n) is 4.15. The van der Waals surface area contributed by atoms with E-state index in [9.17, 15) is 4.79 Å². The van der Waals surface area contributed by atoms with Crippen LogP contribution in [0.4, 0.5) is 0 Å². The van der Waals surface area contributed by atoms with E-state index < -0.39 is 0 Å². The van der Waals surface area contributed by atoms with Crippen molar-refractivity contribution in [3.63, 3.8) is 0 Å². The van der Waals surface area contributed by atoms with E-state index >= 15 is 0 Å². The van der Waals surface area contributed by atoms with Crippen LogP contribution in [-0.4, -0.2) is 10.9 Å². The number of benzene rings is 2. The van der Waals surface area contributed by atoms with E-state index in [4.69, 9.17) is 4.74 Å². The van der Waals surface area contributed by atoms with E-state index in [1.165, 1.54) is 0 Å². The number of pyridine rings is 1. The van der Waals surface area contributed by atoms with Gasteiger partial charge in [0.05, 0.1) is 12.1 Å². The molecule has 5 heteroatoms. The summed E-state index contributed by atoms with van der Waals surface area (Å²) in [6, 6.07) is 23.3. The predicted molar refractivity (Wildman–Crippen MR) is 108 cm³/mol. The highest BCUT2D eigenvalue weighted by molar-refractivity contribution is 7.13. The number of carbonyl (C=O) groups is 1. The van der Waals surface area contributed by atoms with Crippen molar-refractivity contribution in [1.29, 1.82) is 0 Å². The van der Waals surface area contributed by atoms with Gasteiger partial charge in [0.2, 0.25) is 0 Å². The molecule has 2 aromatic carbocycles. The van der Waals surface area contributed by atoms with Crippen LogP contribution in [0.5, 0.6) is 5.06 Å². The first-order chi connectivity index (χ1) is 13.3. The molecule has 1 amide bonds. The molecule has 4 nitrogen and oxygen atoms in total. The Morgan fingerprint density at radius 3 is 2.78 bits per heavy atom. The van der Waals surface area contributed by atoms with Gasteiger partial charge in [-0.05, 0) is 42.0 Å². The molecular weight excluding hydrogens is 356 g/mol. The number of nitrogens with zero attached hydrogens (tertiary/aromatic N) is 1. The Hall–Kier alpha value is -3.18. The average Bonchev–Trinajstić information content (AvgIpc) is 3.19. The summed E-state index contributed by atoms with van der Waals surface area (Å²) in [6.07, 6.45) is 1.75. The van der Waals surface area contributed by atoms with Crippen molar-refractivity contribution < 1.29 is 9.53 Å². The van der Waals surface area contributed by atoms with Gasteiger partial charge in [0.15, 0.2) is 5.06 Å². The number of amides is 1. The maximum absolute atomic E-state index is 12.4. The van der Waals surface area contributed by atoms with Crippen LogP contribution < -0.4 is 10.1 Å². The van der Waals surface area contributed by atoms with E-state index in [2.05, 4.69) is 10.3 Å². The van der Waals surface area contributed by atoms with Crippen LogP contribution in [0, 0.1) is 0 Å². The summed E-state index contributed by atoms with van der Waals surface area (Å²) in [5, 5.41) is 4.77. The maximum Gasteiger partial charge on any atom is 0.251 e. The monoisotopic (exact) mass is 374 g/mol. The molecule has 0 radical (unpaired) electrons. The molecule has 1 N–H and O–H groups in total. The van der Waals surface area contributed by atoms with Gasteiger partial charge in [-0.1, -0.05) is 36.4 Å². The molecule has 0 unspecified atom stereocenters. The van der Waals surface area contributed by atoms with Gasteiger partial charge in [0.25, 0.3) is 5.91 Å². The second kappa shape index (κ2) is 8.01. The molecule has 0 spiro atoms. The topological polar surface area (TPSA) is 51.2 Å². The van der Waals surface area contributed by atoms with Gasteiger partial charge < -0.3 is 10.1 Å². The molecule has 2 heterocycles. The molecule has 0 bridgehead atoms. The van der Waals surface area contributed by atoms with Crippen LogP contribution in [0.3, 0.4) is 0 Å². The van der Waals surface area contributed by atoms with Gasteiger partial charge in [0.1, 0.15) is 6.61 Å². The number of hydrogen-bond donors (Lipinski definition) is 1. The number of aromatic nitrogens is 1. The Morgan fingerprint density at radius 2 is 1.89 bits per heavy atom. The minimum atomic E-state index is -0.0964. The first-order valence-electron chi connectivity index (χ1n) is 8.66. The number of ether oxygens (including phenoxy) is 1. The van der Waals surface area contributed by atoms with Crippen LogP contribution in [-0.2, 0) is 13.2 Å². The maximum atomic E-state index is 12.4. The zero-order valence-corrected chi connectivity index (χ0v) is 15.4. The average molecular weight is 374 g/mol. The molecule has 2 aromatic heterocycles. The Bertz CT molecular complexity index is 1060. The Balaban J connectivity index is 1.34. The molecule has 4 aromatic rings. The molecule has 0 aliphatic heterocycles. The lowest BCUT2D eigenvalue weighted by Gasteiger charge is -2.05. The van der Waals surface area contributed by atoms with Crippen molar-refractivity contribution >= 4 is 28.1 Å². The van der Waals surface area contributed by atoms with Crippen molar-refractivity contribution in [2.45, 2.75) is 13.2 Å². The van der Waals surface area contributed by atoms with Crippen LogP contribution in [0.15, 0.2) is 79.0 Å². The summed E-state index contributed by atoms with van der Waals surface area (Å²) in [7, 11) is 0. The molecule has 0 saturated heterocycles. The van der Waals surface area contributed by atoms with E-state index in [0.717, 1.165) is 26.4 Å². The number of fused-ring (bicyclic) bond motifs is 1. The standard InChI is InChI=1S/C22H18N2O2S/c25-22(18-8-10-20-17(13-18)7-4-12-23-20)24-14-19-9-11-21(27-19)26-15-16-5-2-1-3-6-16/h1-13H,14-15H2,(H,24,25). The molecule has 27 heavy (non-hydrogen) atoms. The number of carbonyl (C=O) groups excluding carboxylic acids is 1. The predicted octanol–water partition coefficient (Wildman–Crippen LogP) is 4.81. The van der Waals surface area contributed by atoms with E-state index in [1.807, 2.05) is 66.7 Å². The van der Waals surface area contributed by atoms with Gasteiger partial charge >= 0.3 is 0 Å². The molecule has 0 fully saturated rings. The summed E-state index contributed by atoms with van der Waals surface area (Å²) >= 11 is 1.54. The third-order valence-corrected chi connectivity index (χ3v) is 5.15. The van der Waals surface area contributed by atoms with E-state index in [0.29, 0.717) is 18.7 Å². The molecule has 0 saturated carbocycles. The number of thiophene rings is 1. The minimum absolute atomic E-state index is 0.0964. The van der Waals surface area contributed by atoms with E-state index in [1.54, 1.807) is 23.6 Å². The van der Waals surface area contributed by atoms with Gasteiger partial charge in [0, 0.05) is 22.0 Å². The first-order valence-corrected chi connectivity index (χ1v) is 9.48. The van der Waals surface area contributed by atoms with Crippen LogP contribution in [0.2, 0.25) is 0 Å². The van der Waals surface area contributed by atoms with Crippen molar-refractivity contribution in [3.05, 3.63) is 95.0 Å². The van der Waals surface area contributed by atoms with Crippen LogP contribution in [0.1, 0.15) is 20.8 Å². The molecular formula is C22H18N2O2S. The summed E-state index contributed by atoms with van der Waals surface area (Å²) in [4.78, 5) is 17.7. The molecule has 0 atom stereocenters. The second-order valence-electron chi connectivity index (χ2n) is 6.09. The van der Waals surface area contributed by atoms with E-state index in [-0.39, 0.29) is 5.91 Å². The lowest BCUT2D eigenvalue weighted by Crippen LogP contribution is -2.22. The smallest absolute Gasteiger partial charge is 0.251 e. The highest BCUT2D eigenvalue weighted by Crippen LogP contribution is 2.25. The summed E-state index contributed by atoms with van der Waals surface area (Å²) in [6.45, 7) is 1.02. The van der Waals surface area contributed by atoms with Crippen molar-refractivity contribution in [1.82, 2.24) is 10.3 Å². The Labute approximate surface area is 161 Å². The molecule has 4 rings (SSSR count). The lowest BCUT2D eigenvalue weighted by atomic mass is 10.1. The highest BCUT2D eigenvalue weighted by Gasteiger charge is 2.08. The second-order valence-corrected chi connectivity index (χ2v) is 7.22. The zero-order chi connectivity index (χ0) is 18.5. The van der Waals surface area contributed by atoms with Gasteiger partial charge in [-0.2, -0.15) is 0 Å². The normalized spacial score (nSPS) is 10.7. The highest BCUT2D eigenvalue weighted by atomic mass is 32.1. The molecule has 0 aliphatic rings. The van der Waals surface area contributed by atoms with Crippen LogP contribution in [0.25, 0.3) is 10.9 Å². The number of nitrogens with one attached hydrogen (secondary N) is 1. The summed E-state index contributed by atoms with van der Waals surface area (Å²) < 4.78 is 5.81. The first kappa shape index (κ1) is 17.2. The fourth-order valence-electron chi connectivity index (χ4n) is 2.75. The van der Waals surface area contributed by atoms with Gasteiger partial charge in [-0.25, -0.2) is 0 Å². The largest absolute Gasteiger partial charge is 0.479 e. The van der Waals surface area contributed by atoms with Crippen molar-refractivity contribution in [2.75, 3.05) is 0 Å². The zero-order valence-electron chi connectivity index (χ0n) is 14.6. The van der Waals surface area contributed by atoms with Gasteiger partial charge in [-0.15, -0.1) is 11.3 Å². The Morgan fingerprint density at radius 1 is 1.00 bits per heavy atom. The fourth-order valence-corrected chi connectivity index (χ4v) is 3.54. The SMILES string of the molecule is O=C(NCc1ccc(OCc2ccccc2)s1)c1ccc2ncccc2c1. The minimum Gasteiger partial charge on any atom is -0.479 e. The summed E-state index contributed by atoms with van der Waals surface area (Å²) in [5.41, 5.74) is 2.65.